The summed E-state index contributed by atoms with van der Waals surface area (Å²) in [6, 6.07) is 76.6. The van der Waals surface area contributed by atoms with Gasteiger partial charge in [0.05, 0.1) is 0 Å². The van der Waals surface area contributed by atoms with Gasteiger partial charge in [-0.2, -0.15) is 0 Å². The van der Waals surface area contributed by atoms with Crippen LogP contribution in [0.15, 0.2) is 231 Å². The SMILES string of the molecule is c1ccc([PH](CCC[n+]2ccc(-c3cc[n+](CCC[PH](c4ccccc4)(c4ccccc4)c4ccccc4)cc3)cc2)(c2ccccc2)c2ccccc2)cc1. The van der Waals surface area contributed by atoms with Crippen molar-refractivity contribution in [1.29, 1.82) is 0 Å². The molecule has 0 amide bonds. The van der Waals surface area contributed by atoms with Gasteiger partial charge in [0.25, 0.3) is 0 Å². The van der Waals surface area contributed by atoms with E-state index >= 15 is 0 Å². The van der Waals surface area contributed by atoms with E-state index in [1.165, 1.54) is 43.0 Å². The van der Waals surface area contributed by atoms with E-state index in [9.17, 15) is 0 Å². The normalized spacial score (nSPS) is 12.2. The summed E-state index contributed by atoms with van der Waals surface area (Å²) in [5.41, 5.74) is 2.50. The molecule has 2 heterocycles. The Balaban J connectivity index is 0.954. The fraction of sp³-hybridized carbons (Fsp3) is 0.115. The van der Waals surface area contributed by atoms with Gasteiger partial charge in [-0.05, 0) is 0 Å². The van der Waals surface area contributed by atoms with E-state index in [0.29, 0.717) is 0 Å². The minimum atomic E-state index is -2.23. The van der Waals surface area contributed by atoms with Gasteiger partial charge in [-0.15, -0.1) is 0 Å². The molecular weight excluding hydrogens is 715 g/mol. The molecule has 8 rings (SSSR count). The van der Waals surface area contributed by atoms with E-state index in [0.717, 1.165) is 38.3 Å². The van der Waals surface area contributed by atoms with Crippen molar-refractivity contribution in [3.63, 3.8) is 0 Å². The van der Waals surface area contributed by atoms with Crippen LogP contribution >= 0.6 is 14.5 Å². The topological polar surface area (TPSA) is 7.76 Å². The van der Waals surface area contributed by atoms with Crippen LogP contribution in [0.5, 0.6) is 0 Å². The van der Waals surface area contributed by atoms with Gasteiger partial charge in [-0.3, -0.25) is 0 Å². The van der Waals surface area contributed by atoms with Crippen LogP contribution in [0, 0.1) is 0 Å². The first-order valence-corrected chi connectivity index (χ1v) is 24.5. The van der Waals surface area contributed by atoms with E-state index in [2.05, 4.69) is 240 Å². The molecule has 0 radical (unpaired) electrons. The zero-order chi connectivity index (χ0) is 37.9. The third-order valence-corrected chi connectivity index (χ3v) is 21.8. The van der Waals surface area contributed by atoms with E-state index in [1.807, 2.05) is 0 Å². The number of hydrogen-bond acceptors (Lipinski definition) is 0. The Morgan fingerprint density at radius 3 is 0.696 bits per heavy atom. The standard InChI is InChI=1S/C52H52N2P2/c1-7-21-47(22-8-1)55(48-23-9-2-10-24-48,49-25-11-3-12-26-49)43-19-37-53-39-33-45(34-40-53)46-35-41-54(42-36-46)38-20-44-56(50-27-13-4-14-28-50,51-29-15-5-16-30-51)52-31-17-6-18-32-52/h1-18,21-36,39-42,55-56H,19-20,37-38,43-44H2/q+2. The zero-order valence-corrected chi connectivity index (χ0v) is 34.1. The van der Waals surface area contributed by atoms with Crippen molar-refractivity contribution >= 4 is 46.4 Å². The van der Waals surface area contributed by atoms with Crippen LogP contribution in [0.3, 0.4) is 0 Å². The molecule has 0 saturated heterocycles. The van der Waals surface area contributed by atoms with E-state index in [4.69, 9.17) is 0 Å². The van der Waals surface area contributed by atoms with Crippen molar-refractivity contribution in [1.82, 2.24) is 0 Å². The average Bonchev–Trinajstić information content (AvgIpc) is 3.29. The maximum atomic E-state index is 2.36. The van der Waals surface area contributed by atoms with Crippen LogP contribution in [-0.4, -0.2) is 12.3 Å². The molecule has 8 aromatic rings. The summed E-state index contributed by atoms with van der Waals surface area (Å²) in [5.74, 6) is 0. The second kappa shape index (κ2) is 18.0. The molecule has 0 fully saturated rings. The Morgan fingerprint density at radius 1 is 0.268 bits per heavy atom. The zero-order valence-electron chi connectivity index (χ0n) is 32.1. The van der Waals surface area contributed by atoms with E-state index in [-0.39, 0.29) is 0 Å². The third kappa shape index (κ3) is 8.06. The number of hydrogen-bond donors (Lipinski definition) is 0. The van der Waals surface area contributed by atoms with Crippen LogP contribution in [0.2, 0.25) is 0 Å². The predicted molar refractivity (Wildman–Crippen MR) is 244 cm³/mol. The minimum absolute atomic E-state index is 0.982. The fourth-order valence-electron chi connectivity index (χ4n) is 8.85. The Hall–Kier alpha value is -5.52. The van der Waals surface area contributed by atoms with Crippen LogP contribution < -0.4 is 41.0 Å². The number of nitrogens with zero attached hydrogens (tertiary/aromatic N) is 2. The Kier molecular flexibility index (Phi) is 12.0. The summed E-state index contributed by atoms with van der Waals surface area (Å²) >= 11 is 0. The van der Waals surface area contributed by atoms with Crippen molar-refractivity contribution in [3.8, 4) is 11.1 Å². The summed E-state index contributed by atoms with van der Waals surface area (Å²) in [6.07, 6.45) is 13.5. The van der Waals surface area contributed by atoms with Crippen molar-refractivity contribution in [3.05, 3.63) is 231 Å². The molecule has 0 aliphatic rings. The number of rotatable bonds is 15. The second-order valence-electron chi connectivity index (χ2n) is 14.9. The molecule has 278 valence electrons. The number of benzene rings is 6. The van der Waals surface area contributed by atoms with Crippen molar-refractivity contribution < 1.29 is 9.13 Å². The van der Waals surface area contributed by atoms with E-state index in [1.54, 1.807) is 0 Å². The molecule has 0 bridgehead atoms. The van der Waals surface area contributed by atoms with Gasteiger partial charge in [0.2, 0.25) is 0 Å². The van der Waals surface area contributed by atoms with Gasteiger partial charge in [-0.25, -0.2) is 0 Å². The molecule has 56 heavy (non-hydrogen) atoms. The van der Waals surface area contributed by atoms with Crippen LogP contribution in [0.1, 0.15) is 12.8 Å². The quantitative estimate of drug-likeness (QED) is 0.0736. The van der Waals surface area contributed by atoms with Crippen LogP contribution in [0.25, 0.3) is 11.1 Å². The number of aromatic nitrogens is 2. The molecule has 0 N–H and O–H groups in total. The predicted octanol–water partition coefficient (Wildman–Crippen LogP) is 8.16. The first-order chi connectivity index (χ1) is 27.8. The summed E-state index contributed by atoms with van der Waals surface area (Å²) < 4.78 is 4.71. The van der Waals surface area contributed by atoms with Gasteiger partial charge in [0.1, 0.15) is 0 Å². The van der Waals surface area contributed by atoms with Gasteiger partial charge in [0.15, 0.2) is 0 Å². The molecule has 6 aromatic carbocycles. The molecule has 0 atom stereocenters. The Labute approximate surface area is 334 Å². The molecule has 0 saturated carbocycles. The molecule has 0 spiro atoms. The van der Waals surface area contributed by atoms with Gasteiger partial charge in [-0.1, -0.05) is 0 Å². The van der Waals surface area contributed by atoms with Crippen LogP contribution in [0.4, 0.5) is 0 Å². The summed E-state index contributed by atoms with van der Waals surface area (Å²) in [4.78, 5) is 0. The molecule has 0 aliphatic carbocycles. The molecule has 4 heteroatoms. The molecule has 2 aromatic heterocycles. The third-order valence-electron chi connectivity index (χ3n) is 11.7. The summed E-state index contributed by atoms with van der Waals surface area (Å²) in [5, 5.41) is 8.86. The second-order valence-corrected chi connectivity index (χ2v) is 22.9. The summed E-state index contributed by atoms with van der Waals surface area (Å²) in [6.45, 7) is 1.96. The summed E-state index contributed by atoms with van der Waals surface area (Å²) in [7, 11) is -4.47. The average molecular weight is 767 g/mol. The van der Waals surface area contributed by atoms with Crippen molar-refractivity contribution in [2.75, 3.05) is 12.3 Å². The number of pyridine rings is 2. The molecule has 2 nitrogen and oxygen atoms in total. The Bertz CT molecular complexity index is 2010. The molecular formula is C52H52N2P2+2. The molecule has 0 aliphatic heterocycles. The monoisotopic (exact) mass is 766 g/mol. The Morgan fingerprint density at radius 2 is 0.482 bits per heavy atom. The maximum absolute atomic E-state index is 2.36. The first-order valence-electron chi connectivity index (χ1n) is 20.1. The first kappa shape index (κ1) is 37.4. The van der Waals surface area contributed by atoms with Crippen molar-refractivity contribution in [2.24, 2.45) is 0 Å². The molecule has 0 unspecified atom stereocenters. The van der Waals surface area contributed by atoms with Gasteiger partial charge < -0.3 is 0 Å². The van der Waals surface area contributed by atoms with Gasteiger partial charge in [0, 0.05) is 0 Å². The fourth-order valence-corrected chi connectivity index (χ4v) is 18.5. The number of aryl methyl sites for hydroxylation is 2. The van der Waals surface area contributed by atoms with Crippen LogP contribution in [-0.2, 0) is 13.1 Å². The van der Waals surface area contributed by atoms with E-state index < -0.39 is 14.5 Å². The van der Waals surface area contributed by atoms with Crippen molar-refractivity contribution in [2.45, 2.75) is 25.9 Å². The van der Waals surface area contributed by atoms with Gasteiger partial charge >= 0.3 is 336 Å².